The zero-order valence-electron chi connectivity index (χ0n) is 12.3. The van der Waals surface area contributed by atoms with Crippen molar-refractivity contribution >= 4 is 16.9 Å². The van der Waals surface area contributed by atoms with Crippen molar-refractivity contribution in [3.63, 3.8) is 0 Å². The van der Waals surface area contributed by atoms with Gasteiger partial charge in [0.15, 0.2) is 5.17 Å². The summed E-state index contributed by atoms with van der Waals surface area (Å²) in [6, 6.07) is 1.15. The van der Waals surface area contributed by atoms with Crippen molar-refractivity contribution in [3.05, 3.63) is 0 Å². The maximum absolute atomic E-state index is 4.94. The molecule has 0 radical (unpaired) electrons. The van der Waals surface area contributed by atoms with Crippen molar-refractivity contribution < 1.29 is 0 Å². The molecule has 2 rings (SSSR count). The molecule has 1 aliphatic carbocycles. The molecule has 18 heavy (non-hydrogen) atoms. The molecular formula is C15H28N2S. The Kier molecular flexibility index (Phi) is 4.63. The summed E-state index contributed by atoms with van der Waals surface area (Å²) < 4.78 is 0. The van der Waals surface area contributed by atoms with Crippen LogP contribution in [0.1, 0.15) is 59.8 Å². The highest BCUT2D eigenvalue weighted by Gasteiger charge is 2.28. The Morgan fingerprint density at radius 1 is 1.22 bits per heavy atom. The van der Waals surface area contributed by atoms with E-state index in [1.807, 2.05) is 11.8 Å². The van der Waals surface area contributed by atoms with E-state index in [-0.39, 0.29) is 0 Å². The maximum Gasteiger partial charge on any atom is 0.157 e. The maximum atomic E-state index is 4.94. The fourth-order valence-electron chi connectivity index (χ4n) is 2.96. The fraction of sp³-hybridized carbons (Fsp3) is 0.933. The molecule has 1 aliphatic heterocycles. The third kappa shape index (κ3) is 3.91. The Labute approximate surface area is 116 Å². The molecule has 3 heteroatoms. The van der Waals surface area contributed by atoms with Crippen LogP contribution >= 0.6 is 11.8 Å². The molecular weight excluding hydrogens is 240 g/mol. The quantitative estimate of drug-likeness (QED) is 0.775. The summed E-state index contributed by atoms with van der Waals surface area (Å²) >= 11 is 1.92. The van der Waals surface area contributed by atoms with Gasteiger partial charge in [-0.3, -0.25) is 4.99 Å². The van der Waals surface area contributed by atoms with Crippen LogP contribution in [-0.4, -0.2) is 23.0 Å². The first-order valence-corrected chi connectivity index (χ1v) is 8.41. The fourth-order valence-corrected chi connectivity index (χ4v) is 3.94. The van der Waals surface area contributed by atoms with Gasteiger partial charge >= 0.3 is 0 Å². The Hall–Kier alpha value is -0.180. The van der Waals surface area contributed by atoms with Gasteiger partial charge in [-0.15, -0.1) is 0 Å². The van der Waals surface area contributed by atoms with Crippen LogP contribution in [0, 0.1) is 11.3 Å². The van der Waals surface area contributed by atoms with Crippen LogP contribution in [0.5, 0.6) is 0 Å². The zero-order valence-corrected chi connectivity index (χ0v) is 13.1. The third-order valence-electron chi connectivity index (χ3n) is 4.17. The highest BCUT2D eigenvalue weighted by Crippen LogP contribution is 2.31. The molecule has 2 aliphatic rings. The van der Waals surface area contributed by atoms with E-state index in [9.17, 15) is 0 Å². The monoisotopic (exact) mass is 268 g/mol. The minimum Gasteiger partial charge on any atom is -0.362 e. The number of aliphatic imine (C=N–C) groups is 1. The van der Waals surface area contributed by atoms with Crippen molar-refractivity contribution in [2.75, 3.05) is 5.75 Å². The summed E-state index contributed by atoms with van der Waals surface area (Å²) in [6.45, 7) is 9.29. The van der Waals surface area contributed by atoms with Crippen molar-refractivity contribution in [3.8, 4) is 0 Å². The molecule has 0 saturated heterocycles. The van der Waals surface area contributed by atoms with E-state index >= 15 is 0 Å². The van der Waals surface area contributed by atoms with Crippen molar-refractivity contribution in [1.29, 1.82) is 0 Å². The van der Waals surface area contributed by atoms with Gasteiger partial charge in [0.05, 0.1) is 6.04 Å². The molecule has 0 amide bonds. The normalized spacial score (nSPS) is 34.0. The number of hydrogen-bond donors (Lipinski definition) is 1. The Bertz CT molecular complexity index is 306. The summed E-state index contributed by atoms with van der Waals surface area (Å²) in [5.74, 6) is 2.10. The summed E-state index contributed by atoms with van der Waals surface area (Å²) in [4.78, 5) is 4.94. The molecule has 0 bridgehead atoms. The van der Waals surface area contributed by atoms with Crippen LogP contribution in [-0.2, 0) is 0 Å². The molecule has 0 aromatic rings. The summed E-state index contributed by atoms with van der Waals surface area (Å²) in [5, 5.41) is 4.91. The van der Waals surface area contributed by atoms with Gasteiger partial charge in [-0.1, -0.05) is 52.3 Å². The van der Waals surface area contributed by atoms with E-state index < -0.39 is 0 Å². The van der Waals surface area contributed by atoms with E-state index in [1.165, 1.54) is 43.0 Å². The van der Waals surface area contributed by atoms with E-state index in [4.69, 9.17) is 4.99 Å². The molecule has 1 fully saturated rings. The van der Waals surface area contributed by atoms with Gasteiger partial charge in [0.25, 0.3) is 0 Å². The summed E-state index contributed by atoms with van der Waals surface area (Å²) in [5.41, 5.74) is 0.299. The van der Waals surface area contributed by atoms with Gasteiger partial charge in [-0.2, -0.15) is 0 Å². The van der Waals surface area contributed by atoms with Gasteiger partial charge in [-0.25, -0.2) is 0 Å². The van der Waals surface area contributed by atoms with Gasteiger partial charge in [0, 0.05) is 11.8 Å². The van der Waals surface area contributed by atoms with E-state index in [2.05, 4.69) is 33.0 Å². The lowest BCUT2D eigenvalue weighted by Gasteiger charge is -2.33. The van der Waals surface area contributed by atoms with Gasteiger partial charge < -0.3 is 5.32 Å². The number of hydrogen-bond acceptors (Lipinski definition) is 3. The number of thioether (sulfide) groups is 1. The average Bonchev–Trinajstić information content (AvgIpc) is 2.28. The van der Waals surface area contributed by atoms with Gasteiger partial charge in [0.1, 0.15) is 0 Å². The van der Waals surface area contributed by atoms with E-state index in [0.29, 0.717) is 17.5 Å². The number of nitrogens with zero attached hydrogens (tertiary/aromatic N) is 1. The second-order valence-corrected chi connectivity index (χ2v) is 8.15. The van der Waals surface area contributed by atoms with Crippen LogP contribution in [0.15, 0.2) is 4.99 Å². The lowest BCUT2D eigenvalue weighted by Crippen LogP contribution is -2.40. The smallest absolute Gasteiger partial charge is 0.157 e. The van der Waals surface area contributed by atoms with Crippen molar-refractivity contribution in [2.45, 2.75) is 71.9 Å². The largest absolute Gasteiger partial charge is 0.362 e. The first kappa shape index (κ1) is 14.2. The predicted octanol–water partition coefficient (Wildman–Crippen LogP) is 4.06. The molecule has 0 spiro atoms. The zero-order chi connectivity index (χ0) is 13.2. The van der Waals surface area contributed by atoms with Crippen LogP contribution in [0.2, 0.25) is 0 Å². The highest BCUT2D eigenvalue weighted by molar-refractivity contribution is 8.13. The molecule has 0 aromatic carbocycles. The lowest BCUT2D eigenvalue weighted by atomic mass is 9.85. The molecule has 2 nitrogen and oxygen atoms in total. The second kappa shape index (κ2) is 5.85. The van der Waals surface area contributed by atoms with E-state index in [0.717, 1.165) is 5.92 Å². The third-order valence-corrected chi connectivity index (χ3v) is 5.10. The molecule has 1 saturated carbocycles. The van der Waals surface area contributed by atoms with Crippen LogP contribution in [0.3, 0.4) is 0 Å². The standard InChI is InChI=1S/C15H28N2S/c1-11-6-5-7-12(10-11)16-14-17-13(8-9-18-14)15(2,3)4/h11-13H,5-10H2,1-4H3,(H,16,17). The van der Waals surface area contributed by atoms with Crippen LogP contribution in [0.25, 0.3) is 0 Å². The number of nitrogens with one attached hydrogen (secondary N) is 1. The molecule has 3 unspecified atom stereocenters. The first-order valence-electron chi connectivity index (χ1n) is 7.42. The Morgan fingerprint density at radius 2 is 2.00 bits per heavy atom. The van der Waals surface area contributed by atoms with Crippen LogP contribution in [0.4, 0.5) is 0 Å². The molecule has 1 N–H and O–H groups in total. The molecule has 1 heterocycles. The summed E-state index contributed by atoms with van der Waals surface area (Å²) in [7, 11) is 0. The topological polar surface area (TPSA) is 24.4 Å². The lowest BCUT2D eigenvalue weighted by molar-refractivity contribution is 0.310. The summed E-state index contributed by atoms with van der Waals surface area (Å²) in [6.07, 6.45) is 6.65. The minimum atomic E-state index is 0.299. The Morgan fingerprint density at radius 3 is 2.67 bits per heavy atom. The molecule has 104 valence electrons. The number of rotatable bonds is 1. The van der Waals surface area contributed by atoms with Crippen molar-refractivity contribution in [2.24, 2.45) is 16.3 Å². The van der Waals surface area contributed by atoms with Crippen molar-refractivity contribution in [1.82, 2.24) is 5.32 Å². The SMILES string of the molecule is CC1CCCC(NC2=NC(C(C)(C)C)CCS2)C1. The van der Waals surface area contributed by atoms with Gasteiger partial charge in [-0.05, 0) is 30.6 Å². The van der Waals surface area contributed by atoms with Gasteiger partial charge in [0.2, 0.25) is 0 Å². The van der Waals surface area contributed by atoms with Crippen LogP contribution < -0.4 is 5.32 Å². The first-order chi connectivity index (χ1) is 8.45. The number of amidine groups is 1. The second-order valence-electron chi connectivity index (χ2n) is 7.07. The Balaban J connectivity index is 1.94. The minimum absolute atomic E-state index is 0.299. The average molecular weight is 268 g/mol. The molecule has 3 atom stereocenters. The predicted molar refractivity (Wildman–Crippen MR) is 82.3 cm³/mol. The highest BCUT2D eigenvalue weighted by atomic mass is 32.2. The molecule has 0 aromatic heterocycles. The van der Waals surface area contributed by atoms with E-state index in [1.54, 1.807) is 0 Å².